The number of rotatable bonds is 2. The molecule has 0 radical (unpaired) electrons. The van der Waals surface area contributed by atoms with Gasteiger partial charge in [-0.2, -0.15) is 0 Å². The molecule has 1 atom stereocenters. The van der Waals surface area contributed by atoms with Gasteiger partial charge in [0, 0.05) is 12.3 Å². The highest BCUT2D eigenvalue weighted by molar-refractivity contribution is 7.99. The number of urea groups is 1. The highest BCUT2D eigenvalue weighted by Crippen LogP contribution is 2.39. The smallest absolute Gasteiger partial charge is 0.308 e. The summed E-state index contributed by atoms with van der Waals surface area (Å²) in [5, 5.41) is 3.27. The maximum atomic E-state index is 13.4. The number of benzene rings is 2. The van der Waals surface area contributed by atoms with E-state index >= 15 is 0 Å². The number of carbonyl (C=O) groups excluding carboxylic acids is 1. The van der Waals surface area contributed by atoms with E-state index in [-0.39, 0.29) is 17.2 Å². The van der Waals surface area contributed by atoms with E-state index < -0.39 is 0 Å². The molecule has 1 N–H and O–H groups in total. The van der Waals surface area contributed by atoms with Crippen LogP contribution in [0.3, 0.4) is 0 Å². The van der Waals surface area contributed by atoms with Crippen LogP contribution in [-0.2, 0) is 0 Å². The Kier molecular flexibility index (Phi) is 4.99. The molecular formula is C16H13Cl2FN2OS. The number of hydrogen-bond acceptors (Lipinski definition) is 2. The van der Waals surface area contributed by atoms with E-state index in [2.05, 4.69) is 5.32 Å². The molecule has 0 spiro atoms. The van der Waals surface area contributed by atoms with Crippen molar-refractivity contribution >= 4 is 46.7 Å². The number of nitrogens with one attached hydrogen (secondary N) is 1. The zero-order valence-corrected chi connectivity index (χ0v) is 14.3. The second-order valence-corrected chi connectivity index (χ2v) is 7.00. The normalized spacial score (nSPS) is 17.3. The molecule has 0 aliphatic carbocycles. The number of halogens is 3. The van der Waals surface area contributed by atoms with Gasteiger partial charge in [-0.05, 0) is 29.8 Å². The first-order valence-electron chi connectivity index (χ1n) is 6.95. The molecule has 1 saturated heterocycles. The SMILES string of the molecule is O=C(Nc1c(Cl)cccc1Cl)N1CCS[C@@H]1c1cccc(F)c1. The molecular weight excluding hydrogens is 358 g/mol. The maximum Gasteiger partial charge on any atom is 0.323 e. The summed E-state index contributed by atoms with van der Waals surface area (Å²) in [7, 11) is 0. The molecule has 0 aromatic heterocycles. The minimum atomic E-state index is -0.315. The lowest BCUT2D eigenvalue weighted by Crippen LogP contribution is -2.34. The molecule has 1 fully saturated rings. The monoisotopic (exact) mass is 370 g/mol. The molecule has 1 heterocycles. The summed E-state index contributed by atoms with van der Waals surface area (Å²) < 4.78 is 13.4. The average Bonchev–Trinajstić information content (AvgIpc) is 3.00. The molecule has 0 unspecified atom stereocenters. The predicted octanol–water partition coefficient (Wildman–Crippen LogP) is 5.41. The Bertz CT molecular complexity index is 724. The Morgan fingerprint density at radius 1 is 1.22 bits per heavy atom. The van der Waals surface area contributed by atoms with Gasteiger partial charge in [0.1, 0.15) is 11.2 Å². The molecule has 3 nitrogen and oxygen atoms in total. The second-order valence-electron chi connectivity index (χ2n) is 5.00. The van der Waals surface area contributed by atoms with E-state index in [1.165, 1.54) is 12.1 Å². The van der Waals surface area contributed by atoms with Crippen LogP contribution < -0.4 is 5.32 Å². The van der Waals surface area contributed by atoms with Crippen LogP contribution in [0.5, 0.6) is 0 Å². The Morgan fingerprint density at radius 3 is 2.61 bits per heavy atom. The average molecular weight is 371 g/mol. The van der Waals surface area contributed by atoms with Crippen LogP contribution in [0.1, 0.15) is 10.9 Å². The zero-order chi connectivity index (χ0) is 16.4. The Balaban J connectivity index is 1.81. The number of para-hydroxylation sites is 1. The molecule has 120 valence electrons. The molecule has 1 aliphatic heterocycles. The summed E-state index contributed by atoms with van der Waals surface area (Å²) in [6.45, 7) is 0.569. The van der Waals surface area contributed by atoms with Crippen LogP contribution in [-0.4, -0.2) is 23.2 Å². The van der Waals surface area contributed by atoms with E-state index in [9.17, 15) is 9.18 Å². The van der Waals surface area contributed by atoms with Gasteiger partial charge in [-0.3, -0.25) is 0 Å². The molecule has 3 rings (SSSR count). The van der Waals surface area contributed by atoms with Crippen LogP contribution in [0.4, 0.5) is 14.9 Å². The van der Waals surface area contributed by atoms with E-state index in [0.717, 1.165) is 11.3 Å². The third kappa shape index (κ3) is 3.57. The number of carbonyl (C=O) groups is 1. The van der Waals surface area contributed by atoms with Gasteiger partial charge >= 0.3 is 6.03 Å². The largest absolute Gasteiger partial charge is 0.323 e. The first-order valence-corrected chi connectivity index (χ1v) is 8.75. The minimum absolute atomic E-state index is 0.230. The van der Waals surface area contributed by atoms with Crippen LogP contribution in [0.25, 0.3) is 0 Å². The van der Waals surface area contributed by atoms with E-state index in [1.54, 1.807) is 40.9 Å². The fourth-order valence-corrected chi connectivity index (χ4v) is 4.15. The van der Waals surface area contributed by atoms with Gasteiger partial charge in [0.15, 0.2) is 0 Å². The quantitative estimate of drug-likeness (QED) is 0.765. The van der Waals surface area contributed by atoms with Crippen molar-refractivity contribution in [1.29, 1.82) is 0 Å². The van der Waals surface area contributed by atoms with Gasteiger partial charge < -0.3 is 10.2 Å². The number of nitrogens with zero attached hydrogens (tertiary/aromatic N) is 1. The van der Waals surface area contributed by atoms with Gasteiger partial charge in [-0.25, -0.2) is 9.18 Å². The molecule has 2 amide bonds. The van der Waals surface area contributed by atoms with Gasteiger partial charge in [-0.1, -0.05) is 41.4 Å². The molecule has 1 aliphatic rings. The summed E-state index contributed by atoms with van der Waals surface area (Å²) in [5.41, 5.74) is 1.14. The lowest BCUT2D eigenvalue weighted by Gasteiger charge is -2.25. The number of thioether (sulfide) groups is 1. The maximum absolute atomic E-state index is 13.4. The van der Waals surface area contributed by atoms with Gasteiger partial charge in [-0.15, -0.1) is 11.8 Å². The van der Waals surface area contributed by atoms with Crippen molar-refractivity contribution in [1.82, 2.24) is 4.90 Å². The highest BCUT2D eigenvalue weighted by atomic mass is 35.5. The lowest BCUT2D eigenvalue weighted by molar-refractivity contribution is 0.214. The molecule has 2 aromatic rings. The summed E-state index contributed by atoms with van der Waals surface area (Å²) in [5.74, 6) is 0.467. The molecule has 23 heavy (non-hydrogen) atoms. The van der Waals surface area contributed by atoms with Crippen molar-refractivity contribution in [2.45, 2.75) is 5.37 Å². The number of hydrogen-bond donors (Lipinski definition) is 1. The minimum Gasteiger partial charge on any atom is -0.308 e. The fraction of sp³-hybridized carbons (Fsp3) is 0.188. The fourth-order valence-electron chi connectivity index (χ4n) is 2.41. The van der Waals surface area contributed by atoms with Crippen molar-refractivity contribution in [2.75, 3.05) is 17.6 Å². The Morgan fingerprint density at radius 2 is 1.91 bits per heavy atom. The van der Waals surface area contributed by atoms with Crippen LogP contribution >= 0.6 is 35.0 Å². The molecule has 0 saturated carbocycles. The standard InChI is InChI=1S/C16H13Cl2FN2OS/c17-12-5-2-6-13(18)14(12)20-16(22)21-7-8-23-15(21)10-3-1-4-11(19)9-10/h1-6,9,15H,7-8H2,(H,20,22)/t15-/m1/s1. The lowest BCUT2D eigenvalue weighted by atomic mass is 10.2. The number of amides is 2. The first kappa shape index (κ1) is 16.4. The third-order valence-corrected chi connectivity index (χ3v) is 5.37. The summed E-state index contributed by atoms with van der Waals surface area (Å²) in [4.78, 5) is 14.2. The summed E-state index contributed by atoms with van der Waals surface area (Å²) in [6, 6.07) is 11.0. The third-order valence-electron chi connectivity index (χ3n) is 3.48. The van der Waals surface area contributed by atoms with E-state index in [0.29, 0.717) is 22.3 Å². The van der Waals surface area contributed by atoms with E-state index in [4.69, 9.17) is 23.2 Å². The van der Waals surface area contributed by atoms with Gasteiger partial charge in [0.25, 0.3) is 0 Å². The molecule has 0 bridgehead atoms. The zero-order valence-electron chi connectivity index (χ0n) is 11.9. The number of anilines is 1. The second kappa shape index (κ2) is 6.99. The van der Waals surface area contributed by atoms with Crippen LogP contribution in [0.15, 0.2) is 42.5 Å². The van der Waals surface area contributed by atoms with Crippen LogP contribution in [0, 0.1) is 5.82 Å². The predicted molar refractivity (Wildman–Crippen MR) is 93.8 cm³/mol. The Labute approximate surface area is 147 Å². The van der Waals surface area contributed by atoms with Crippen molar-refractivity contribution in [2.24, 2.45) is 0 Å². The summed E-state index contributed by atoms with van der Waals surface area (Å²) >= 11 is 13.8. The molecule has 2 aromatic carbocycles. The van der Waals surface area contributed by atoms with Crippen molar-refractivity contribution < 1.29 is 9.18 Å². The Hall–Kier alpha value is -1.43. The van der Waals surface area contributed by atoms with Crippen molar-refractivity contribution in [3.8, 4) is 0 Å². The van der Waals surface area contributed by atoms with Crippen LogP contribution in [0.2, 0.25) is 10.0 Å². The van der Waals surface area contributed by atoms with E-state index in [1.807, 2.05) is 6.07 Å². The van der Waals surface area contributed by atoms with Gasteiger partial charge in [0.05, 0.1) is 15.7 Å². The van der Waals surface area contributed by atoms with Crippen molar-refractivity contribution in [3.63, 3.8) is 0 Å². The topological polar surface area (TPSA) is 32.3 Å². The first-order chi connectivity index (χ1) is 11.1. The summed E-state index contributed by atoms with van der Waals surface area (Å²) in [6.07, 6.45) is 0. The highest BCUT2D eigenvalue weighted by Gasteiger charge is 2.31. The van der Waals surface area contributed by atoms with Gasteiger partial charge in [0.2, 0.25) is 0 Å². The molecule has 7 heteroatoms. The van der Waals surface area contributed by atoms with Crippen molar-refractivity contribution in [3.05, 3.63) is 63.9 Å².